The second kappa shape index (κ2) is 6.52. The highest BCUT2D eigenvalue weighted by molar-refractivity contribution is 9.10. The van der Waals surface area contributed by atoms with Crippen LogP contribution in [0, 0.1) is 5.92 Å². The number of rotatable bonds is 4. The lowest BCUT2D eigenvalue weighted by Gasteiger charge is -2.32. The molecule has 0 aromatic carbocycles. The highest BCUT2D eigenvalue weighted by Gasteiger charge is 2.30. The fraction of sp³-hybridized carbons (Fsp3) is 0.643. The summed E-state index contributed by atoms with van der Waals surface area (Å²) in [5.41, 5.74) is 0. The molecule has 7 heteroatoms. The van der Waals surface area contributed by atoms with E-state index in [1.54, 1.807) is 18.0 Å². The number of carbonyl (C=O) groups is 1. The molecule has 2 aliphatic rings. The summed E-state index contributed by atoms with van der Waals surface area (Å²) in [4.78, 5) is 23.2. The van der Waals surface area contributed by atoms with Crippen LogP contribution >= 0.6 is 27.7 Å². The van der Waals surface area contributed by atoms with Gasteiger partial charge in [-0.3, -0.25) is 4.79 Å². The van der Waals surface area contributed by atoms with E-state index >= 15 is 0 Å². The Labute approximate surface area is 137 Å². The normalized spacial score (nSPS) is 19.6. The molecule has 5 nitrogen and oxygen atoms in total. The molecule has 114 valence electrons. The Morgan fingerprint density at radius 3 is 2.71 bits per heavy atom. The van der Waals surface area contributed by atoms with Gasteiger partial charge in [0, 0.05) is 31.2 Å². The highest BCUT2D eigenvalue weighted by atomic mass is 79.9. The van der Waals surface area contributed by atoms with Crippen molar-refractivity contribution in [1.82, 2.24) is 15.3 Å². The second-order valence-corrected chi connectivity index (χ2v) is 7.20. The van der Waals surface area contributed by atoms with Crippen molar-refractivity contribution in [2.45, 2.75) is 36.9 Å². The van der Waals surface area contributed by atoms with Crippen LogP contribution in [0.2, 0.25) is 0 Å². The van der Waals surface area contributed by atoms with Crippen molar-refractivity contribution in [2.24, 2.45) is 5.92 Å². The summed E-state index contributed by atoms with van der Waals surface area (Å²) in [5.74, 6) is 1.33. The van der Waals surface area contributed by atoms with Crippen LogP contribution < -0.4 is 10.2 Å². The topological polar surface area (TPSA) is 58.1 Å². The molecule has 21 heavy (non-hydrogen) atoms. The first-order valence-electron chi connectivity index (χ1n) is 7.29. The average Bonchev–Trinajstić information content (AvgIpc) is 3.32. The largest absolute Gasteiger partial charge is 0.355 e. The predicted molar refractivity (Wildman–Crippen MR) is 87.6 cm³/mol. The Hall–Kier alpha value is -0.820. The molecule has 0 atom stereocenters. The van der Waals surface area contributed by atoms with Gasteiger partial charge in [-0.15, -0.1) is 0 Å². The quantitative estimate of drug-likeness (QED) is 0.651. The molecule has 1 aliphatic carbocycles. The van der Waals surface area contributed by atoms with E-state index in [0.29, 0.717) is 6.04 Å². The van der Waals surface area contributed by atoms with Gasteiger partial charge < -0.3 is 10.2 Å². The van der Waals surface area contributed by atoms with Crippen LogP contribution in [0.3, 0.4) is 0 Å². The standard InChI is InChI=1S/C14H19BrN4OS/c1-21-14-16-8-11(15)12(18-14)19-6-4-9(5-7-19)13(20)17-10-2-3-10/h8-10H,2-7H2,1H3,(H,17,20). The Balaban J connectivity index is 1.61. The fourth-order valence-corrected chi connectivity index (χ4v) is 3.34. The van der Waals surface area contributed by atoms with Crippen molar-refractivity contribution in [3.8, 4) is 0 Å². The van der Waals surface area contributed by atoms with E-state index in [1.807, 2.05) is 6.26 Å². The number of aromatic nitrogens is 2. The monoisotopic (exact) mass is 370 g/mol. The van der Waals surface area contributed by atoms with Crippen LogP contribution in [0.4, 0.5) is 5.82 Å². The lowest BCUT2D eigenvalue weighted by atomic mass is 9.96. The van der Waals surface area contributed by atoms with Crippen molar-refractivity contribution in [3.05, 3.63) is 10.7 Å². The van der Waals surface area contributed by atoms with Gasteiger partial charge in [-0.25, -0.2) is 9.97 Å². The molecule has 1 aromatic heterocycles. The average molecular weight is 371 g/mol. The maximum absolute atomic E-state index is 12.1. The zero-order valence-corrected chi connectivity index (χ0v) is 14.4. The smallest absolute Gasteiger partial charge is 0.223 e. The Morgan fingerprint density at radius 1 is 1.38 bits per heavy atom. The number of nitrogens with one attached hydrogen (secondary N) is 1. The molecule has 0 radical (unpaired) electrons. The summed E-state index contributed by atoms with van der Waals surface area (Å²) in [5, 5.41) is 3.89. The van der Waals surface area contributed by atoms with E-state index in [1.165, 1.54) is 0 Å². The van der Waals surface area contributed by atoms with Crippen molar-refractivity contribution >= 4 is 39.4 Å². The van der Waals surface area contributed by atoms with Gasteiger partial charge in [0.15, 0.2) is 5.16 Å². The molecule has 1 amide bonds. The van der Waals surface area contributed by atoms with E-state index in [4.69, 9.17) is 0 Å². The number of anilines is 1. The molecule has 1 N–H and O–H groups in total. The summed E-state index contributed by atoms with van der Waals surface area (Å²) in [6.45, 7) is 1.73. The van der Waals surface area contributed by atoms with Crippen molar-refractivity contribution in [2.75, 3.05) is 24.2 Å². The molecule has 1 aromatic rings. The van der Waals surface area contributed by atoms with Crippen LogP contribution in [0.5, 0.6) is 0 Å². The number of carbonyl (C=O) groups excluding carboxylic acids is 1. The summed E-state index contributed by atoms with van der Waals surface area (Å²) in [6, 6.07) is 0.454. The van der Waals surface area contributed by atoms with Gasteiger partial charge in [-0.2, -0.15) is 0 Å². The molecular weight excluding hydrogens is 352 g/mol. The highest BCUT2D eigenvalue weighted by Crippen LogP contribution is 2.29. The van der Waals surface area contributed by atoms with E-state index < -0.39 is 0 Å². The molecule has 2 fully saturated rings. The third kappa shape index (κ3) is 3.69. The SMILES string of the molecule is CSc1ncc(Br)c(N2CCC(C(=O)NC3CC3)CC2)n1. The minimum Gasteiger partial charge on any atom is -0.355 e. The number of halogens is 1. The second-order valence-electron chi connectivity index (χ2n) is 5.57. The summed E-state index contributed by atoms with van der Waals surface area (Å²) in [7, 11) is 0. The number of nitrogens with zero attached hydrogens (tertiary/aromatic N) is 3. The molecule has 0 spiro atoms. The zero-order chi connectivity index (χ0) is 14.8. The number of thioether (sulfide) groups is 1. The van der Waals surface area contributed by atoms with Crippen LogP contribution in [-0.2, 0) is 4.79 Å². The minimum atomic E-state index is 0.155. The van der Waals surface area contributed by atoms with Gasteiger partial charge in [-0.05, 0) is 47.9 Å². The molecule has 1 aliphatic heterocycles. The number of hydrogen-bond acceptors (Lipinski definition) is 5. The van der Waals surface area contributed by atoms with Gasteiger partial charge in [0.2, 0.25) is 5.91 Å². The van der Waals surface area contributed by atoms with Crippen molar-refractivity contribution in [1.29, 1.82) is 0 Å². The van der Waals surface area contributed by atoms with E-state index in [0.717, 1.165) is 54.2 Å². The van der Waals surface area contributed by atoms with Crippen molar-refractivity contribution in [3.63, 3.8) is 0 Å². The van der Waals surface area contributed by atoms with Crippen LogP contribution in [0.25, 0.3) is 0 Å². The third-order valence-corrected chi connectivity index (χ3v) is 5.10. The summed E-state index contributed by atoms with van der Waals surface area (Å²) >= 11 is 5.07. The number of amides is 1. The lowest BCUT2D eigenvalue weighted by molar-refractivity contribution is -0.125. The first-order valence-corrected chi connectivity index (χ1v) is 9.31. The maximum atomic E-state index is 12.1. The Morgan fingerprint density at radius 2 is 2.10 bits per heavy atom. The maximum Gasteiger partial charge on any atom is 0.223 e. The molecule has 0 bridgehead atoms. The first-order chi connectivity index (χ1) is 10.2. The van der Waals surface area contributed by atoms with Gasteiger partial charge in [0.05, 0.1) is 4.47 Å². The van der Waals surface area contributed by atoms with Crippen molar-refractivity contribution < 1.29 is 4.79 Å². The Bertz CT molecular complexity index is 530. The molecule has 1 saturated heterocycles. The molecule has 2 heterocycles. The number of piperidine rings is 1. The summed E-state index contributed by atoms with van der Waals surface area (Å²) in [6.07, 6.45) is 7.86. The first kappa shape index (κ1) is 15.1. The summed E-state index contributed by atoms with van der Waals surface area (Å²) < 4.78 is 0.918. The molecule has 1 saturated carbocycles. The predicted octanol–water partition coefficient (Wildman–Crippen LogP) is 2.46. The van der Waals surface area contributed by atoms with E-state index in [9.17, 15) is 4.79 Å². The lowest BCUT2D eigenvalue weighted by Crippen LogP contribution is -2.41. The van der Waals surface area contributed by atoms with Gasteiger partial charge in [0.25, 0.3) is 0 Å². The van der Waals surface area contributed by atoms with Crippen LogP contribution in [0.15, 0.2) is 15.8 Å². The van der Waals surface area contributed by atoms with Gasteiger partial charge in [0.1, 0.15) is 5.82 Å². The molecule has 0 unspecified atom stereocenters. The number of hydrogen-bond donors (Lipinski definition) is 1. The van der Waals surface area contributed by atoms with Gasteiger partial charge in [-0.1, -0.05) is 11.8 Å². The molecule has 3 rings (SSSR count). The van der Waals surface area contributed by atoms with Gasteiger partial charge >= 0.3 is 0 Å². The third-order valence-electron chi connectivity index (χ3n) is 3.98. The van der Waals surface area contributed by atoms with E-state index in [2.05, 4.69) is 36.1 Å². The Kier molecular flexibility index (Phi) is 4.69. The van der Waals surface area contributed by atoms with Crippen LogP contribution in [0.1, 0.15) is 25.7 Å². The van der Waals surface area contributed by atoms with Crippen LogP contribution in [-0.4, -0.2) is 41.3 Å². The minimum absolute atomic E-state index is 0.155. The zero-order valence-electron chi connectivity index (χ0n) is 12.0. The fourth-order valence-electron chi connectivity index (χ4n) is 2.56. The molecular formula is C14H19BrN4OS. The van der Waals surface area contributed by atoms with E-state index in [-0.39, 0.29) is 11.8 Å².